The van der Waals surface area contributed by atoms with Gasteiger partial charge in [-0.05, 0) is 49.2 Å². The molecular formula is C14H17N3O3S. The van der Waals surface area contributed by atoms with Gasteiger partial charge in [0.15, 0.2) is 0 Å². The lowest BCUT2D eigenvalue weighted by atomic mass is 10.1. The number of sulfonamides is 1. The van der Waals surface area contributed by atoms with Crippen LogP contribution in [-0.2, 0) is 16.6 Å². The first-order valence-electron chi connectivity index (χ1n) is 6.29. The van der Waals surface area contributed by atoms with Gasteiger partial charge >= 0.3 is 0 Å². The highest BCUT2D eigenvalue weighted by Gasteiger charge is 2.12. The van der Waals surface area contributed by atoms with Gasteiger partial charge in [-0.25, -0.2) is 13.6 Å². The van der Waals surface area contributed by atoms with E-state index < -0.39 is 10.0 Å². The number of aromatic nitrogens is 1. The van der Waals surface area contributed by atoms with Crippen molar-refractivity contribution in [1.29, 1.82) is 0 Å². The van der Waals surface area contributed by atoms with Crippen LogP contribution in [0.5, 0.6) is 5.75 Å². The van der Waals surface area contributed by atoms with E-state index in [4.69, 9.17) is 5.14 Å². The van der Waals surface area contributed by atoms with E-state index in [2.05, 4.69) is 10.3 Å². The molecule has 6 nitrogen and oxygen atoms in total. The fraction of sp³-hybridized carbons (Fsp3) is 0.214. The molecule has 1 heterocycles. The van der Waals surface area contributed by atoms with E-state index in [-0.39, 0.29) is 10.6 Å². The van der Waals surface area contributed by atoms with Crippen molar-refractivity contribution >= 4 is 15.7 Å². The molecule has 0 bridgehead atoms. The Labute approximate surface area is 123 Å². The molecule has 0 aliphatic rings. The van der Waals surface area contributed by atoms with Gasteiger partial charge in [-0.2, -0.15) is 0 Å². The molecule has 0 saturated carbocycles. The highest BCUT2D eigenvalue weighted by Crippen LogP contribution is 2.24. The van der Waals surface area contributed by atoms with E-state index in [0.29, 0.717) is 12.2 Å². The molecule has 2 aromatic rings. The van der Waals surface area contributed by atoms with Gasteiger partial charge in [0.1, 0.15) is 5.75 Å². The fourth-order valence-electron chi connectivity index (χ4n) is 1.88. The first kappa shape index (κ1) is 15.3. The SMILES string of the molecule is Cc1cc(S(N)(=O)=O)cc(NCc2ccc(O)cn2)c1C. The lowest BCUT2D eigenvalue weighted by Crippen LogP contribution is -2.13. The Morgan fingerprint density at radius 3 is 2.57 bits per heavy atom. The zero-order valence-electron chi connectivity index (χ0n) is 11.8. The first-order chi connectivity index (χ1) is 9.77. The molecule has 0 radical (unpaired) electrons. The number of aromatic hydroxyl groups is 1. The van der Waals surface area contributed by atoms with Crippen molar-refractivity contribution in [2.45, 2.75) is 25.3 Å². The molecule has 0 amide bonds. The lowest BCUT2D eigenvalue weighted by molar-refractivity contribution is 0.472. The summed E-state index contributed by atoms with van der Waals surface area (Å²) in [6.07, 6.45) is 1.36. The second-order valence-corrected chi connectivity index (χ2v) is 6.38. The molecular weight excluding hydrogens is 290 g/mol. The third kappa shape index (κ3) is 3.71. The third-order valence-corrected chi connectivity index (χ3v) is 4.13. The van der Waals surface area contributed by atoms with E-state index in [1.807, 2.05) is 13.8 Å². The summed E-state index contributed by atoms with van der Waals surface area (Å²) in [5.41, 5.74) is 3.20. The molecule has 0 aliphatic heterocycles. The summed E-state index contributed by atoms with van der Waals surface area (Å²) in [5, 5.41) is 17.5. The molecule has 0 atom stereocenters. The van der Waals surface area contributed by atoms with Crippen LogP contribution in [0.25, 0.3) is 0 Å². The van der Waals surface area contributed by atoms with Crippen LogP contribution in [0, 0.1) is 13.8 Å². The number of nitrogens with one attached hydrogen (secondary N) is 1. The summed E-state index contributed by atoms with van der Waals surface area (Å²) >= 11 is 0. The van der Waals surface area contributed by atoms with Crippen LogP contribution < -0.4 is 10.5 Å². The Morgan fingerprint density at radius 1 is 1.29 bits per heavy atom. The number of anilines is 1. The molecule has 2 rings (SSSR count). The number of rotatable bonds is 4. The number of nitrogens with two attached hydrogens (primary N) is 1. The molecule has 21 heavy (non-hydrogen) atoms. The van der Waals surface area contributed by atoms with E-state index in [9.17, 15) is 13.5 Å². The quantitative estimate of drug-likeness (QED) is 0.796. The Morgan fingerprint density at radius 2 is 2.00 bits per heavy atom. The van der Waals surface area contributed by atoms with Crippen molar-refractivity contribution in [1.82, 2.24) is 4.98 Å². The second-order valence-electron chi connectivity index (χ2n) is 4.82. The largest absolute Gasteiger partial charge is 0.506 e. The zero-order valence-corrected chi connectivity index (χ0v) is 12.6. The topological polar surface area (TPSA) is 105 Å². The highest BCUT2D eigenvalue weighted by atomic mass is 32.2. The van der Waals surface area contributed by atoms with Crippen molar-refractivity contribution in [3.8, 4) is 5.75 Å². The average Bonchev–Trinajstić information content (AvgIpc) is 2.41. The third-order valence-electron chi connectivity index (χ3n) is 3.24. The van der Waals surface area contributed by atoms with Gasteiger partial charge in [0.05, 0.1) is 23.3 Å². The molecule has 1 aromatic heterocycles. The van der Waals surface area contributed by atoms with Crippen LogP contribution in [0.2, 0.25) is 0 Å². The van der Waals surface area contributed by atoms with Crippen LogP contribution in [0.1, 0.15) is 16.8 Å². The highest BCUT2D eigenvalue weighted by molar-refractivity contribution is 7.89. The minimum Gasteiger partial charge on any atom is -0.506 e. The standard InChI is InChI=1S/C14H17N3O3S/c1-9-5-13(21(15,19)20)6-14(10(9)2)17-7-11-3-4-12(18)8-16-11/h3-6,8,17-18H,7H2,1-2H3,(H2,15,19,20). The Balaban J connectivity index is 2.27. The van der Waals surface area contributed by atoms with E-state index in [1.165, 1.54) is 12.3 Å². The maximum Gasteiger partial charge on any atom is 0.238 e. The number of hydrogen-bond acceptors (Lipinski definition) is 5. The minimum atomic E-state index is -3.74. The normalized spacial score (nSPS) is 11.4. The molecule has 112 valence electrons. The maximum absolute atomic E-state index is 11.5. The van der Waals surface area contributed by atoms with Crippen molar-refractivity contribution in [3.63, 3.8) is 0 Å². The minimum absolute atomic E-state index is 0.0757. The predicted molar refractivity (Wildman–Crippen MR) is 80.5 cm³/mol. The van der Waals surface area contributed by atoms with Crippen molar-refractivity contribution in [3.05, 3.63) is 47.3 Å². The van der Waals surface area contributed by atoms with Crippen LogP contribution in [-0.4, -0.2) is 18.5 Å². The number of benzene rings is 1. The van der Waals surface area contributed by atoms with E-state index >= 15 is 0 Å². The maximum atomic E-state index is 11.5. The Bertz CT molecular complexity index is 756. The van der Waals surface area contributed by atoms with E-state index in [0.717, 1.165) is 16.8 Å². The Kier molecular flexibility index (Phi) is 4.15. The van der Waals surface area contributed by atoms with Gasteiger partial charge in [-0.15, -0.1) is 0 Å². The van der Waals surface area contributed by atoms with Gasteiger partial charge < -0.3 is 10.4 Å². The number of hydrogen-bond donors (Lipinski definition) is 3. The number of nitrogens with zero attached hydrogens (tertiary/aromatic N) is 1. The van der Waals surface area contributed by atoms with Crippen LogP contribution in [0.15, 0.2) is 35.4 Å². The number of primary sulfonamides is 1. The zero-order chi connectivity index (χ0) is 15.6. The lowest BCUT2D eigenvalue weighted by Gasteiger charge is -2.13. The van der Waals surface area contributed by atoms with Crippen molar-refractivity contribution in [2.75, 3.05) is 5.32 Å². The molecule has 0 saturated heterocycles. The van der Waals surface area contributed by atoms with Crippen molar-refractivity contribution < 1.29 is 13.5 Å². The van der Waals surface area contributed by atoms with Gasteiger partial charge in [0.2, 0.25) is 10.0 Å². The summed E-state index contributed by atoms with van der Waals surface area (Å²) < 4.78 is 22.9. The first-order valence-corrected chi connectivity index (χ1v) is 7.84. The Hall–Kier alpha value is -2.12. The average molecular weight is 307 g/mol. The monoisotopic (exact) mass is 307 g/mol. The van der Waals surface area contributed by atoms with Gasteiger partial charge in [-0.1, -0.05) is 0 Å². The van der Waals surface area contributed by atoms with Crippen molar-refractivity contribution in [2.24, 2.45) is 5.14 Å². The van der Waals surface area contributed by atoms with Crippen LogP contribution in [0.3, 0.4) is 0 Å². The number of aryl methyl sites for hydroxylation is 1. The molecule has 0 spiro atoms. The summed E-state index contributed by atoms with van der Waals surface area (Å²) in [4.78, 5) is 4.14. The molecule has 0 unspecified atom stereocenters. The molecule has 4 N–H and O–H groups in total. The predicted octanol–water partition coefficient (Wildman–Crippen LogP) is 1.66. The summed E-state index contributed by atoms with van der Waals surface area (Å²) in [5.74, 6) is 0.0991. The van der Waals surface area contributed by atoms with Gasteiger partial charge in [0, 0.05) is 5.69 Å². The summed E-state index contributed by atoms with van der Waals surface area (Å²) in [6.45, 7) is 4.14. The van der Waals surface area contributed by atoms with Gasteiger partial charge in [-0.3, -0.25) is 4.98 Å². The smallest absolute Gasteiger partial charge is 0.238 e. The molecule has 0 aliphatic carbocycles. The van der Waals surface area contributed by atoms with Gasteiger partial charge in [0.25, 0.3) is 0 Å². The fourth-order valence-corrected chi connectivity index (χ4v) is 2.50. The van der Waals surface area contributed by atoms with Crippen LogP contribution in [0.4, 0.5) is 5.69 Å². The molecule has 1 aromatic carbocycles. The number of pyridine rings is 1. The molecule has 7 heteroatoms. The molecule has 0 fully saturated rings. The summed E-state index contributed by atoms with van der Waals surface area (Å²) in [7, 11) is -3.74. The second kappa shape index (κ2) is 5.71. The van der Waals surface area contributed by atoms with E-state index in [1.54, 1.807) is 18.2 Å². The van der Waals surface area contributed by atoms with Crippen LogP contribution >= 0.6 is 0 Å². The summed E-state index contributed by atoms with van der Waals surface area (Å²) in [6, 6.07) is 6.30.